The molecule has 0 atom stereocenters. The molecule has 84 valence electrons. The highest BCUT2D eigenvalue weighted by atomic mass is 16.3. The van der Waals surface area contributed by atoms with Crippen LogP contribution in [0, 0.1) is 0 Å². The van der Waals surface area contributed by atoms with Crippen molar-refractivity contribution in [1.82, 2.24) is 0 Å². The molecule has 0 aliphatic heterocycles. The van der Waals surface area contributed by atoms with E-state index in [1.54, 1.807) is 12.5 Å². The number of furan rings is 1. The zero-order valence-electron chi connectivity index (χ0n) is 9.24. The minimum absolute atomic E-state index is 0.758. The number of hydrogen-bond acceptors (Lipinski definition) is 2. The Labute approximate surface area is 99.5 Å². The van der Waals surface area contributed by atoms with E-state index in [0.717, 1.165) is 22.6 Å². The fourth-order valence-electron chi connectivity index (χ4n) is 1.58. The van der Waals surface area contributed by atoms with E-state index >= 15 is 0 Å². The molecular formula is C15H12O2. The van der Waals surface area contributed by atoms with Gasteiger partial charge >= 0.3 is 0 Å². The molecule has 2 nitrogen and oxygen atoms in total. The average Bonchev–Trinajstić information content (AvgIpc) is 2.97. The molecule has 0 aliphatic carbocycles. The normalized spacial score (nSPS) is 9.41. The molecule has 2 aromatic carbocycles. The number of hydrogen-bond donors (Lipinski definition) is 0. The van der Waals surface area contributed by atoms with Crippen molar-refractivity contribution < 1.29 is 9.21 Å². The predicted molar refractivity (Wildman–Crippen MR) is 68.0 cm³/mol. The quantitative estimate of drug-likeness (QED) is 0.586. The van der Waals surface area contributed by atoms with Crippen molar-refractivity contribution in [2.75, 3.05) is 0 Å². The van der Waals surface area contributed by atoms with Gasteiger partial charge in [-0.3, -0.25) is 4.79 Å². The highest BCUT2D eigenvalue weighted by molar-refractivity contribution is 5.97. The van der Waals surface area contributed by atoms with Crippen LogP contribution in [0.5, 0.6) is 0 Å². The van der Waals surface area contributed by atoms with Crippen molar-refractivity contribution in [3.63, 3.8) is 0 Å². The molecule has 3 aromatic rings. The topological polar surface area (TPSA) is 30.2 Å². The Bertz CT molecular complexity index is 560. The van der Waals surface area contributed by atoms with Crippen LogP contribution < -0.4 is 0 Å². The molecule has 0 amide bonds. The van der Waals surface area contributed by atoms with Crippen molar-refractivity contribution in [3.8, 4) is 0 Å². The molecule has 3 rings (SSSR count). The molecule has 0 aliphatic rings. The lowest BCUT2D eigenvalue weighted by Gasteiger charge is -1.98. The number of carbonyl (C=O) groups excluding carboxylic acids is 1. The lowest BCUT2D eigenvalue weighted by molar-refractivity contribution is 0.112. The van der Waals surface area contributed by atoms with Gasteiger partial charge in [-0.15, -0.1) is 0 Å². The molecule has 0 spiro atoms. The summed E-state index contributed by atoms with van der Waals surface area (Å²) in [6.45, 7) is 0. The maximum atomic E-state index is 10.6. The fraction of sp³-hybridized carbons (Fsp3) is 0. The van der Waals surface area contributed by atoms with Crippen molar-refractivity contribution in [1.29, 1.82) is 0 Å². The van der Waals surface area contributed by atoms with Crippen LogP contribution >= 0.6 is 0 Å². The Balaban J connectivity index is 0.000000181. The Morgan fingerprint density at radius 2 is 1.53 bits per heavy atom. The van der Waals surface area contributed by atoms with Crippen LogP contribution in [-0.4, -0.2) is 6.29 Å². The first-order valence-corrected chi connectivity index (χ1v) is 5.32. The van der Waals surface area contributed by atoms with Crippen LogP contribution in [-0.2, 0) is 0 Å². The third kappa shape index (κ3) is 2.82. The minimum Gasteiger partial charge on any atom is -0.473 e. The van der Waals surface area contributed by atoms with Gasteiger partial charge in [0.2, 0.25) is 0 Å². The molecule has 0 bridgehead atoms. The molecule has 0 unspecified atom stereocenters. The van der Waals surface area contributed by atoms with Gasteiger partial charge in [-0.2, -0.15) is 0 Å². The van der Waals surface area contributed by atoms with Gasteiger partial charge in [0.25, 0.3) is 0 Å². The Kier molecular flexibility index (Phi) is 3.71. The first-order valence-electron chi connectivity index (χ1n) is 5.32. The molecule has 17 heavy (non-hydrogen) atoms. The third-order valence-electron chi connectivity index (χ3n) is 2.38. The van der Waals surface area contributed by atoms with Gasteiger partial charge in [0.1, 0.15) is 0 Å². The second-order valence-electron chi connectivity index (χ2n) is 3.48. The van der Waals surface area contributed by atoms with E-state index in [9.17, 15) is 4.79 Å². The second kappa shape index (κ2) is 5.66. The van der Waals surface area contributed by atoms with E-state index in [-0.39, 0.29) is 0 Å². The molecule has 0 radical (unpaired) electrons. The van der Waals surface area contributed by atoms with Crippen molar-refractivity contribution in [2.24, 2.45) is 0 Å². The number of fused-ring (bicyclic) bond motifs is 1. The third-order valence-corrected chi connectivity index (χ3v) is 2.38. The molecule has 2 heteroatoms. The van der Waals surface area contributed by atoms with Crippen LogP contribution in [0.2, 0.25) is 0 Å². The van der Waals surface area contributed by atoms with Crippen LogP contribution in [0.4, 0.5) is 0 Å². The summed E-state index contributed by atoms with van der Waals surface area (Å²) in [5.74, 6) is 0. The first kappa shape index (κ1) is 11.1. The monoisotopic (exact) mass is 224 g/mol. The predicted octanol–water partition coefficient (Wildman–Crippen LogP) is 3.93. The molecular weight excluding hydrogens is 212 g/mol. The summed E-state index contributed by atoms with van der Waals surface area (Å²) in [6, 6.07) is 17.3. The summed E-state index contributed by atoms with van der Waals surface area (Å²) in [4.78, 5) is 10.6. The van der Waals surface area contributed by atoms with Crippen molar-refractivity contribution in [2.45, 2.75) is 0 Å². The number of aldehydes is 1. The Hall–Kier alpha value is -2.35. The highest BCUT2D eigenvalue weighted by Crippen LogP contribution is 2.16. The van der Waals surface area contributed by atoms with Gasteiger partial charge in [-0.25, -0.2) is 0 Å². The lowest BCUT2D eigenvalue weighted by Crippen LogP contribution is -1.81. The molecule has 1 aromatic heterocycles. The second-order valence-corrected chi connectivity index (χ2v) is 3.48. The molecule has 0 saturated carbocycles. The lowest BCUT2D eigenvalue weighted by atomic mass is 10.1. The minimum atomic E-state index is 0.758. The summed E-state index contributed by atoms with van der Waals surface area (Å²) in [6.07, 6.45) is 4.14. The van der Waals surface area contributed by atoms with E-state index in [1.165, 1.54) is 0 Å². The smallest absolute Gasteiger partial charge is 0.150 e. The van der Waals surface area contributed by atoms with Crippen LogP contribution in [0.1, 0.15) is 10.4 Å². The Morgan fingerprint density at radius 3 is 2.18 bits per heavy atom. The number of benzene rings is 2. The molecule has 0 N–H and O–H groups in total. The summed E-state index contributed by atoms with van der Waals surface area (Å²) in [7, 11) is 0. The molecule has 0 saturated heterocycles. The Morgan fingerprint density at radius 1 is 0.824 bits per heavy atom. The van der Waals surface area contributed by atoms with Gasteiger partial charge in [0.15, 0.2) is 6.29 Å². The number of rotatable bonds is 1. The number of carbonyl (C=O) groups is 1. The van der Waals surface area contributed by atoms with E-state index in [1.807, 2.05) is 54.6 Å². The van der Waals surface area contributed by atoms with Gasteiger partial charge < -0.3 is 4.42 Å². The zero-order valence-corrected chi connectivity index (χ0v) is 9.24. The van der Waals surface area contributed by atoms with E-state index in [2.05, 4.69) is 4.42 Å². The van der Waals surface area contributed by atoms with Crippen LogP contribution in [0.25, 0.3) is 10.8 Å². The van der Waals surface area contributed by atoms with Gasteiger partial charge in [0, 0.05) is 5.56 Å². The van der Waals surface area contributed by atoms with Gasteiger partial charge in [0.05, 0.1) is 12.5 Å². The van der Waals surface area contributed by atoms with E-state index in [0.29, 0.717) is 0 Å². The summed E-state index contributed by atoms with van der Waals surface area (Å²) in [5, 5.41) is 2.14. The average molecular weight is 224 g/mol. The van der Waals surface area contributed by atoms with E-state index in [4.69, 9.17) is 0 Å². The molecule has 0 fully saturated rings. The summed E-state index contributed by atoms with van der Waals surface area (Å²) in [5.41, 5.74) is 0.758. The SMILES string of the molecule is O=Cc1cccc2ccccc12.c1ccoc1. The highest BCUT2D eigenvalue weighted by Gasteiger charge is 1.96. The van der Waals surface area contributed by atoms with Crippen molar-refractivity contribution in [3.05, 3.63) is 72.7 Å². The summed E-state index contributed by atoms with van der Waals surface area (Å²) >= 11 is 0. The van der Waals surface area contributed by atoms with Crippen molar-refractivity contribution >= 4 is 17.1 Å². The van der Waals surface area contributed by atoms with Crippen LogP contribution in [0.3, 0.4) is 0 Å². The van der Waals surface area contributed by atoms with Gasteiger partial charge in [-0.05, 0) is 22.9 Å². The first-order chi connectivity index (χ1) is 8.42. The fourth-order valence-corrected chi connectivity index (χ4v) is 1.58. The maximum absolute atomic E-state index is 10.6. The van der Waals surface area contributed by atoms with Gasteiger partial charge in [-0.1, -0.05) is 42.5 Å². The summed E-state index contributed by atoms with van der Waals surface area (Å²) < 4.78 is 4.58. The van der Waals surface area contributed by atoms with E-state index < -0.39 is 0 Å². The largest absolute Gasteiger partial charge is 0.473 e. The molecule has 1 heterocycles. The standard InChI is InChI=1S/C11H8O.C4H4O/c12-8-10-6-3-5-9-4-1-2-7-11(9)10;1-2-4-5-3-1/h1-8H;1-4H. The van der Waals surface area contributed by atoms with Crippen LogP contribution in [0.15, 0.2) is 71.5 Å². The maximum Gasteiger partial charge on any atom is 0.150 e. The zero-order chi connectivity index (χ0) is 11.9.